The Hall–Kier alpha value is -2.99. The molecule has 0 aliphatic heterocycles. The molecule has 0 bridgehead atoms. The first kappa shape index (κ1) is 16.9. The molecule has 2 heterocycles. The normalized spacial score (nSPS) is 10.7. The molecule has 2 N–H and O–H groups in total. The number of nitrogens with zero attached hydrogens (tertiary/aromatic N) is 3. The Morgan fingerprint density at radius 3 is 2.80 bits per heavy atom. The number of aryl methyl sites for hydroxylation is 2. The van der Waals surface area contributed by atoms with E-state index < -0.39 is 0 Å². The maximum Gasteiger partial charge on any atom is 0.258 e. The topological polar surface area (TPSA) is 80.0 Å². The van der Waals surface area contributed by atoms with Crippen LogP contribution in [-0.4, -0.2) is 25.5 Å². The molecular formula is C19H20N4O2. The van der Waals surface area contributed by atoms with Crippen molar-refractivity contribution < 1.29 is 9.90 Å². The average Bonchev–Trinajstić information content (AvgIpc) is 3.01. The molecule has 0 atom stereocenters. The van der Waals surface area contributed by atoms with Gasteiger partial charge in [0.05, 0.1) is 24.2 Å². The number of carbonyl (C=O) groups excluding carboxylic acids is 1. The average molecular weight is 336 g/mol. The van der Waals surface area contributed by atoms with Gasteiger partial charge in [0, 0.05) is 18.9 Å². The second-order valence-corrected chi connectivity index (χ2v) is 6.02. The van der Waals surface area contributed by atoms with E-state index >= 15 is 0 Å². The van der Waals surface area contributed by atoms with E-state index in [2.05, 4.69) is 40.4 Å². The van der Waals surface area contributed by atoms with Crippen molar-refractivity contribution in [3.05, 3.63) is 77.0 Å². The van der Waals surface area contributed by atoms with Crippen LogP contribution < -0.4 is 5.32 Å². The summed E-state index contributed by atoms with van der Waals surface area (Å²) < 4.78 is 1.92. The molecule has 128 valence electrons. The quantitative estimate of drug-likeness (QED) is 0.751. The Labute approximate surface area is 146 Å². The lowest BCUT2D eigenvalue weighted by atomic mass is 10.1. The lowest BCUT2D eigenvalue weighted by molar-refractivity contribution is 0.102. The molecule has 0 spiro atoms. The van der Waals surface area contributed by atoms with E-state index in [0.717, 1.165) is 5.56 Å². The fraction of sp³-hybridized carbons (Fsp3) is 0.211. The molecule has 3 aromatic rings. The standard InChI is InChI=1S/C19H20N4O2/c1-13-4-3-5-15(6-13)9-23-10-18(21-12-23)22-19(25)17-8-20-16(11-24)7-14(17)2/h3-8,10,12,24H,9,11H2,1-2H3,(H,22,25). The second-order valence-electron chi connectivity index (χ2n) is 6.02. The lowest BCUT2D eigenvalue weighted by Crippen LogP contribution is -2.14. The summed E-state index contributed by atoms with van der Waals surface area (Å²) in [6, 6.07) is 9.96. The van der Waals surface area contributed by atoms with Crippen LogP contribution in [0.25, 0.3) is 0 Å². The van der Waals surface area contributed by atoms with E-state index in [1.165, 1.54) is 17.3 Å². The predicted molar refractivity (Wildman–Crippen MR) is 95.4 cm³/mol. The minimum atomic E-state index is -0.268. The molecule has 6 heteroatoms. The van der Waals surface area contributed by atoms with Gasteiger partial charge in [-0.1, -0.05) is 29.8 Å². The van der Waals surface area contributed by atoms with Gasteiger partial charge in [-0.15, -0.1) is 0 Å². The number of aliphatic hydroxyl groups excluding tert-OH is 1. The summed E-state index contributed by atoms with van der Waals surface area (Å²) in [7, 11) is 0. The van der Waals surface area contributed by atoms with E-state index in [4.69, 9.17) is 5.11 Å². The summed E-state index contributed by atoms with van der Waals surface area (Å²) in [6.45, 7) is 4.41. The Bertz CT molecular complexity index is 902. The zero-order chi connectivity index (χ0) is 17.8. The number of nitrogens with one attached hydrogen (secondary N) is 1. The van der Waals surface area contributed by atoms with Crippen LogP contribution >= 0.6 is 0 Å². The zero-order valence-corrected chi connectivity index (χ0v) is 14.2. The van der Waals surface area contributed by atoms with Gasteiger partial charge in [-0.3, -0.25) is 9.78 Å². The number of imidazole rings is 1. The van der Waals surface area contributed by atoms with Crippen molar-refractivity contribution in [1.29, 1.82) is 0 Å². The molecule has 0 aliphatic carbocycles. The summed E-state index contributed by atoms with van der Waals surface area (Å²) in [4.78, 5) is 20.7. The number of aliphatic hydroxyl groups is 1. The first-order valence-electron chi connectivity index (χ1n) is 8.00. The van der Waals surface area contributed by atoms with E-state index in [1.807, 2.05) is 17.6 Å². The van der Waals surface area contributed by atoms with Crippen LogP contribution in [0.5, 0.6) is 0 Å². The predicted octanol–water partition coefficient (Wildman–Crippen LogP) is 2.69. The summed E-state index contributed by atoms with van der Waals surface area (Å²) in [5.41, 5.74) is 4.15. The Morgan fingerprint density at radius 1 is 1.24 bits per heavy atom. The molecule has 0 radical (unpaired) electrons. The van der Waals surface area contributed by atoms with Gasteiger partial charge in [0.15, 0.2) is 5.82 Å². The fourth-order valence-corrected chi connectivity index (χ4v) is 2.65. The fourth-order valence-electron chi connectivity index (χ4n) is 2.65. The van der Waals surface area contributed by atoms with Crippen LogP contribution in [0.1, 0.15) is 32.7 Å². The zero-order valence-electron chi connectivity index (χ0n) is 14.2. The third-order valence-corrected chi connectivity index (χ3v) is 3.90. The highest BCUT2D eigenvalue weighted by Crippen LogP contribution is 2.13. The smallest absolute Gasteiger partial charge is 0.258 e. The van der Waals surface area contributed by atoms with Crippen LogP contribution in [0.15, 0.2) is 49.1 Å². The summed E-state index contributed by atoms with van der Waals surface area (Å²) in [5, 5.41) is 11.9. The van der Waals surface area contributed by atoms with Gasteiger partial charge in [0.25, 0.3) is 5.91 Å². The van der Waals surface area contributed by atoms with Crippen LogP contribution in [-0.2, 0) is 13.2 Å². The monoisotopic (exact) mass is 336 g/mol. The van der Waals surface area contributed by atoms with Crippen LogP contribution in [0, 0.1) is 13.8 Å². The summed E-state index contributed by atoms with van der Waals surface area (Å²) in [6.07, 6.45) is 4.96. The van der Waals surface area contributed by atoms with Gasteiger partial charge in [-0.2, -0.15) is 0 Å². The number of rotatable bonds is 5. The minimum Gasteiger partial charge on any atom is -0.390 e. The van der Waals surface area contributed by atoms with Gasteiger partial charge in [-0.25, -0.2) is 4.98 Å². The van der Waals surface area contributed by atoms with E-state index in [0.29, 0.717) is 23.6 Å². The number of aromatic nitrogens is 3. The first-order chi connectivity index (χ1) is 12.0. The highest BCUT2D eigenvalue weighted by atomic mass is 16.3. The summed E-state index contributed by atoms with van der Waals surface area (Å²) in [5.74, 6) is 0.221. The lowest BCUT2D eigenvalue weighted by Gasteiger charge is -2.06. The highest BCUT2D eigenvalue weighted by Gasteiger charge is 2.12. The minimum absolute atomic E-state index is 0.147. The molecule has 1 amide bonds. The van der Waals surface area contributed by atoms with Crippen molar-refractivity contribution in [1.82, 2.24) is 14.5 Å². The number of carbonyl (C=O) groups is 1. The molecule has 3 rings (SSSR count). The molecule has 0 fully saturated rings. The SMILES string of the molecule is Cc1cccc(Cn2cnc(NC(=O)c3cnc(CO)cc3C)c2)c1. The Kier molecular flexibility index (Phi) is 4.90. The number of pyridine rings is 1. The molecule has 0 unspecified atom stereocenters. The molecule has 0 saturated carbocycles. The van der Waals surface area contributed by atoms with Crippen molar-refractivity contribution in [3.63, 3.8) is 0 Å². The molecule has 0 saturated heterocycles. The van der Waals surface area contributed by atoms with Gasteiger partial charge < -0.3 is 15.0 Å². The van der Waals surface area contributed by atoms with Gasteiger partial charge >= 0.3 is 0 Å². The molecule has 2 aromatic heterocycles. The number of hydrogen-bond acceptors (Lipinski definition) is 4. The van der Waals surface area contributed by atoms with Crippen molar-refractivity contribution >= 4 is 11.7 Å². The van der Waals surface area contributed by atoms with Crippen LogP contribution in [0.2, 0.25) is 0 Å². The second kappa shape index (κ2) is 7.27. The van der Waals surface area contributed by atoms with Crippen LogP contribution in [0.4, 0.5) is 5.82 Å². The maximum atomic E-state index is 12.4. The molecular weight excluding hydrogens is 316 g/mol. The van der Waals surface area contributed by atoms with Crippen molar-refractivity contribution in [2.24, 2.45) is 0 Å². The largest absolute Gasteiger partial charge is 0.390 e. The van der Waals surface area contributed by atoms with E-state index in [-0.39, 0.29) is 12.5 Å². The number of amides is 1. The summed E-state index contributed by atoms with van der Waals surface area (Å²) >= 11 is 0. The molecule has 25 heavy (non-hydrogen) atoms. The molecule has 0 aliphatic rings. The van der Waals surface area contributed by atoms with Crippen molar-refractivity contribution in [3.8, 4) is 0 Å². The van der Waals surface area contributed by atoms with Crippen molar-refractivity contribution in [2.75, 3.05) is 5.32 Å². The highest BCUT2D eigenvalue weighted by molar-refractivity contribution is 6.04. The Balaban J connectivity index is 1.69. The Morgan fingerprint density at radius 2 is 2.08 bits per heavy atom. The number of anilines is 1. The maximum absolute atomic E-state index is 12.4. The number of hydrogen-bond donors (Lipinski definition) is 2. The van der Waals surface area contributed by atoms with Gasteiger partial charge in [0.2, 0.25) is 0 Å². The van der Waals surface area contributed by atoms with Gasteiger partial charge in [-0.05, 0) is 31.0 Å². The number of benzene rings is 1. The molecule has 1 aromatic carbocycles. The van der Waals surface area contributed by atoms with Gasteiger partial charge in [0.1, 0.15) is 0 Å². The van der Waals surface area contributed by atoms with E-state index in [1.54, 1.807) is 18.6 Å². The van der Waals surface area contributed by atoms with Crippen LogP contribution in [0.3, 0.4) is 0 Å². The third-order valence-electron chi connectivity index (χ3n) is 3.90. The van der Waals surface area contributed by atoms with E-state index in [9.17, 15) is 4.79 Å². The third kappa shape index (κ3) is 4.10. The van der Waals surface area contributed by atoms with Crippen molar-refractivity contribution in [2.45, 2.75) is 27.0 Å². The molecule has 6 nitrogen and oxygen atoms in total. The first-order valence-corrected chi connectivity index (χ1v) is 8.00.